The van der Waals surface area contributed by atoms with Crippen LogP contribution in [0.15, 0.2) is 47.8 Å². The topological polar surface area (TPSA) is 68.9 Å². The number of hydrogen-bond acceptors (Lipinski definition) is 5. The van der Waals surface area contributed by atoms with E-state index in [0.29, 0.717) is 22.2 Å². The van der Waals surface area contributed by atoms with Crippen molar-refractivity contribution in [2.24, 2.45) is 0 Å². The van der Waals surface area contributed by atoms with Gasteiger partial charge in [-0.1, -0.05) is 42.1 Å². The molecule has 0 aliphatic rings. The highest BCUT2D eigenvalue weighted by atomic mass is 32.2. The molecule has 0 saturated heterocycles. The lowest BCUT2D eigenvalue weighted by molar-refractivity contribution is 0.102. The van der Waals surface area contributed by atoms with Crippen molar-refractivity contribution >= 4 is 23.4 Å². The Balaban J connectivity index is 2.00. The summed E-state index contributed by atoms with van der Waals surface area (Å²) in [7, 11) is 0. The summed E-state index contributed by atoms with van der Waals surface area (Å²) in [5.74, 6) is 0.728. The molecular weight excluding hydrogens is 234 g/mol. The standard InChI is InChI=1S/C12H11N3OS/c13-11-12(15-7-6-14-11)17-8-10(16)9-4-2-1-3-5-9/h1-7H,8H2,(H2,13,14). The molecule has 2 rings (SSSR count). The minimum absolute atomic E-state index is 0.0562. The lowest BCUT2D eigenvalue weighted by Gasteiger charge is -2.02. The van der Waals surface area contributed by atoms with Crippen LogP contribution in [-0.4, -0.2) is 21.5 Å². The minimum Gasteiger partial charge on any atom is -0.381 e. The third-order valence-electron chi connectivity index (χ3n) is 2.13. The monoisotopic (exact) mass is 245 g/mol. The summed E-state index contributed by atoms with van der Waals surface area (Å²) in [4.78, 5) is 19.8. The predicted molar refractivity (Wildman–Crippen MR) is 67.9 cm³/mol. The van der Waals surface area contributed by atoms with E-state index in [9.17, 15) is 4.79 Å². The molecule has 0 spiro atoms. The summed E-state index contributed by atoms with van der Waals surface area (Å²) >= 11 is 1.30. The van der Waals surface area contributed by atoms with Gasteiger partial charge in [-0.15, -0.1) is 0 Å². The van der Waals surface area contributed by atoms with Crippen LogP contribution in [0.4, 0.5) is 5.82 Å². The van der Waals surface area contributed by atoms with Gasteiger partial charge in [0.15, 0.2) is 11.6 Å². The first kappa shape index (κ1) is 11.6. The molecule has 0 unspecified atom stereocenters. The van der Waals surface area contributed by atoms with Crippen LogP contribution in [0.2, 0.25) is 0 Å². The van der Waals surface area contributed by atoms with Crippen molar-refractivity contribution in [1.29, 1.82) is 0 Å². The Bertz CT molecular complexity index is 516. The van der Waals surface area contributed by atoms with Crippen molar-refractivity contribution in [3.63, 3.8) is 0 Å². The molecule has 0 bridgehead atoms. The van der Waals surface area contributed by atoms with Gasteiger partial charge in [0.05, 0.1) is 5.75 Å². The molecule has 1 aromatic carbocycles. The first-order chi connectivity index (χ1) is 8.27. The molecule has 0 atom stereocenters. The van der Waals surface area contributed by atoms with Crippen LogP contribution in [0.1, 0.15) is 10.4 Å². The third-order valence-corrected chi connectivity index (χ3v) is 3.12. The summed E-state index contributed by atoms with van der Waals surface area (Å²) in [6, 6.07) is 9.15. The average Bonchev–Trinajstić information content (AvgIpc) is 2.38. The highest BCUT2D eigenvalue weighted by Crippen LogP contribution is 2.20. The number of nitrogen functional groups attached to an aromatic ring is 1. The SMILES string of the molecule is Nc1nccnc1SCC(=O)c1ccccc1. The molecule has 0 aliphatic heterocycles. The van der Waals surface area contributed by atoms with Gasteiger partial charge in [0, 0.05) is 18.0 Å². The van der Waals surface area contributed by atoms with Crippen LogP contribution < -0.4 is 5.73 Å². The van der Waals surface area contributed by atoms with E-state index in [1.807, 2.05) is 18.2 Å². The Morgan fingerprint density at radius 2 is 1.88 bits per heavy atom. The normalized spacial score (nSPS) is 10.1. The maximum absolute atomic E-state index is 11.8. The van der Waals surface area contributed by atoms with E-state index in [0.717, 1.165) is 0 Å². The molecule has 0 radical (unpaired) electrons. The fourth-order valence-corrected chi connectivity index (χ4v) is 2.06. The summed E-state index contributed by atoms with van der Waals surface area (Å²) in [5.41, 5.74) is 6.34. The van der Waals surface area contributed by atoms with Crippen LogP contribution >= 0.6 is 11.8 Å². The van der Waals surface area contributed by atoms with Crippen LogP contribution in [0.25, 0.3) is 0 Å². The zero-order valence-electron chi connectivity index (χ0n) is 9.04. The molecule has 0 saturated carbocycles. The Hall–Kier alpha value is -1.88. The summed E-state index contributed by atoms with van der Waals surface area (Å²) in [6.45, 7) is 0. The lowest BCUT2D eigenvalue weighted by atomic mass is 10.2. The van der Waals surface area contributed by atoms with Gasteiger partial charge in [0.2, 0.25) is 0 Å². The summed E-state index contributed by atoms with van der Waals surface area (Å²) in [6.07, 6.45) is 3.09. The quantitative estimate of drug-likeness (QED) is 0.659. The van der Waals surface area contributed by atoms with Crippen LogP contribution in [-0.2, 0) is 0 Å². The van der Waals surface area contributed by atoms with Gasteiger partial charge in [0.1, 0.15) is 5.03 Å². The fraction of sp³-hybridized carbons (Fsp3) is 0.0833. The van der Waals surface area contributed by atoms with Gasteiger partial charge in [-0.25, -0.2) is 9.97 Å². The Kier molecular flexibility index (Phi) is 3.72. The van der Waals surface area contributed by atoms with Crippen LogP contribution in [0, 0.1) is 0 Å². The van der Waals surface area contributed by atoms with Gasteiger partial charge >= 0.3 is 0 Å². The number of rotatable bonds is 4. The number of thioether (sulfide) groups is 1. The van der Waals surface area contributed by atoms with E-state index in [1.165, 1.54) is 18.0 Å². The molecule has 5 heteroatoms. The van der Waals surface area contributed by atoms with Crippen molar-refractivity contribution in [3.05, 3.63) is 48.3 Å². The molecule has 17 heavy (non-hydrogen) atoms. The second-order valence-corrected chi connectivity index (χ2v) is 4.29. The number of carbonyl (C=O) groups excluding carboxylic acids is 1. The van der Waals surface area contributed by atoms with Gasteiger partial charge in [-0.05, 0) is 0 Å². The van der Waals surface area contributed by atoms with Crippen molar-refractivity contribution in [2.75, 3.05) is 11.5 Å². The minimum atomic E-state index is 0.0562. The predicted octanol–water partition coefficient (Wildman–Crippen LogP) is 2.03. The van der Waals surface area contributed by atoms with Gasteiger partial charge in [-0.2, -0.15) is 0 Å². The van der Waals surface area contributed by atoms with Crippen molar-refractivity contribution in [3.8, 4) is 0 Å². The molecule has 2 aromatic rings. The van der Waals surface area contributed by atoms with E-state index >= 15 is 0 Å². The number of hydrogen-bond donors (Lipinski definition) is 1. The van der Waals surface area contributed by atoms with Crippen molar-refractivity contribution < 1.29 is 4.79 Å². The van der Waals surface area contributed by atoms with E-state index in [2.05, 4.69) is 9.97 Å². The summed E-state index contributed by atoms with van der Waals surface area (Å²) in [5, 5.41) is 0.594. The van der Waals surface area contributed by atoms with Gasteiger partial charge in [-0.3, -0.25) is 4.79 Å². The number of Topliss-reactive ketones (excluding diaryl/α,β-unsaturated/α-hetero) is 1. The van der Waals surface area contributed by atoms with Crippen molar-refractivity contribution in [1.82, 2.24) is 9.97 Å². The van der Waals surface area contributed by atoms with E-state index < -0.39 is 0 Å². The highest BCUT2D eigenvalue weighted by molar-refractivity contribution is 8.00. The molecule has 86 valence electrons. The number of benzene rings is 1. The van der Waals surface area contributed by atoms with Crippen LogP contribution in [0.5, 0.6) is 0 Å². The Labute approximate surface area is 103 Å². The molecule has 0 aliphatic carbocycles. The lowest BCUT2D eigenvalue weighted by Crippen LogP contribution is -2.03. The number of nitrogens with zero attached hydrogens (tertiary/aromatic N) is 2. The second-order valence-electron chi connectivity index (χ2n) is 3.32. The number of ketones is 1. The maximum atomic E-state index is 11.8. The first-order valence-electron chi connectivity index (χ1n) is 5.05. The first-order valence-corrected chi connectivity index (χ1v) is 6.03. The van der Waals surface area contributed by atoms with Crippen LogP contribution in [0.3, 0.4) is 0 Å². The highest BCUT2D eigenvalue weighted by Gasteiger charge is 2.08. The number of aromatic nitrogens is 2. The van der Waals surface area contributed by atoms with Crippen molar-refractivity contribution in [2.45, 2.75) is 5.03 Å². The largest absolute Gasteiger partial charge is 0.381 e. The molecule has 0 amide bonds. The molecule has 1 heterocycles. The molecular formula is C12H11N3OS. The van der Waals surface area contributed by atoms with E-state index in [-0.39, 0.29) is 5.78 Å². The van der Waals surface area contributed by atoms with E-state index in [1.54, 1.807) is 18.3 Å². The summed E-state index contributed by atoms with van der Waals surface area (Å²) < 4.78 is 0. The number of carbonyl (C=O) groups is 1. The maximum Gasteiger partial charge on any atom is 0.173 e. The molecule has 4 nitrogen and oxygen atoms in total. The molecule has 1 aromatic heterocycles. The average molecular weight is 245 g/mol. The second kappa shape index (κ2) is 5.45. The molecule has 0 fully saturated rings. The van der Waals surface area contributed by atoms with Gasteiger partial charge < -0.3 is 5.73 Å². The Morgan fingerprint density at radius 3 is 2.59 bits per heavy atom. The zero-order valence-corrected chi connectivity index (χ0v) is 9.85. The van der Waals surface area contributed by atoms with Gasteiger partial charge in [0.25, 0.3) is 0 Å². The number of nitrogens with two attached hydrogens (primary N) is 1. The smallest absolute Gasteiger partial charge is 0.173 e. The third kappa shape index (κ3) is 3.04. The number of anilines is 1. The zero-order chi connectivity index (χ0) is 12.1. The van der Waals surface area contributed by atoms with E-state index in [4.69, 9.17) is 5.73 Å². The molecule has 2 N–H and O–H groups in total. The Morgan fingerprint density at radius 1 is 1.18 bits per heavy atom. The fourth-order valence-electron chi connectivity index (χ4n) is 1.29.